The maximum atomic E-state index is 12.3. The van der Waals surface area contributed by atoms with E-state index in [1.807, 2.05) is 30.3 Å². The van der Waals surface area contributed by atoms with Crippen molar-refractivity contribution in [2.24, 2.45) is 0 Å². The second-order valence-corrected chi connectivity index (χ2v) is 6.29. The standard InChI is InChI=1S/C20H24N2O3/c23-18-8-6-16(7-9-18)10-11-21-20(24)19-15-22(12-13-25-19)14-17-4-2-1-3-5-17/h1-9,19,23H,10-15H2,(H,21,24)/t19-/m1/s1. The topological polar surface area (TPSA) is 61.8 Å². The lowest BCUT2D eigenvalue weighted by molar-refractivity contribution is -0.138. The Morgan fingerprint density at radius 2 is 1.88 bits per heavy atom. The predicted octanol–water partition coefficient (Wildman–Crippen LogP) is 1.95. The van der Waals surface area contributed by atoms with Crippen molar-refractivity contribution in [2.75, 3.05) is 26.2 Å². The number of nitrogens with one attached hydrogen (secondary N) is 1. The molecule has 1 aliphatic heterocycles. The molecule has 2 aromatic rings. The number of nitrogens with zero attached hydrogens (tertiary/aromatic N) is 1. The van der Waals surface area contributed by atoms with E-state index in [2.05, 4.69) is 22.3 Å². The highest BCUT2D eigenvalue weighted by molar-refractivity contribution is 5.81. The summed E-state index contributed by atoms with van der Waals surface area (Å²) in [6.45, 7) is 3.42. The maximum absolute atomic E-state index is 12.3. The Morgan fingerprint density at radius 3 is 2.64 bits per heavy atom. The van der Waals surface area contributed by atoms with Crippen LogP contribution in [0.25, 0.3) is 0 Å². The van der Waals surface area contributed by atoms with Crippen LogP contribution in [0.1, 0.15) is 11.1 Å². The quantitative estimate of drug-likeness (QED) is 0.844. The van der Waals surface area contributed by atoms with Crippen LogP contribution >= 0.6 is 0 Å². The van der Waals surface area contributed by atoms with E-state index in [4.69, 9.17) is 4.74 Å². The third kappa shape index (κ3) is 5.31. The Balaban J connectivity index is 1.44. The van der Waals surface area contributed by atoms with Crippen molar-refractivity contribution in [3.05, 3.63) is 65.7 Å². The van der Waals surface area contributed by atoms with Crippen molar-refractivity contribution >= 4 is 5.91 Å². The molecule has 132 valence electrons. The lowest BCUT2D eigenvalue weighted by Gasteiger charge is -2.32. The highest BCUT2D eigenvalue weighted by Gasteiger charge is 2.26. The Labute approximate surface area is 148 Å². The van der Waals surface area contributed by atoms with Gasteiger partial charge in [-0.3, -0.25) is 9.69 Å². The van der Waals surface area contributed by atoms with Crippen LogP contribution in [-0.2, 0) is 22.5 Å². The molecule has 0 aliphatic carbocycles. The molecule has 5 heteroatoms. The summed E-state index contributed by atoms with van der Waals surface area (Å²) < 4.78 is 5.64. The minimum Gasteiger partial charge on any atom is -0.508 e. The minimum absolute atomic E-state index is 0.0588. The first-order valence-corrected chi connectivity index (χ1v) is 8.64. The van der Waals surface area contributed by atoms with Gasteiger partial charge in [-0.15, -0.1) is 0 Å². The van der Waals surface area contributed by atoms with E-state index in [1.54, 1.807) is 12.1 Å². The summed E-state index contributed by atoms with van der Waals surface area (Å²) in [5.41, 5.74) is 2.32. The van der Waals surface area contributed by atoms with E-state index in [-0.39, 0.29) is 11.7 Å². The average molecular weight is 340 g/mol. The molecule has 5 nitrogen and oxygen atoms in total. The molecule has 1 heterocycles. The number of morpholine rings is 1. The van der Waals surface area contributed by atoms with Crippen LogP contribution in [0.4, 0.5) is 0 Å². The van der Waals surface area contributed by atoms with Crippen molar-refractivity contribution in [2.45, 2.75) is 19.1 Å². The summed E-state index contributed by atoms with van der Waals surface area (Å²) in [5.74, 6) is 0.193. The van der Waals surface area contributed by atoms with Crippen LogP contribution in [0.2, 0.25) is 0 Å². The van der Waals surface area contributed by atoms with Crippen LogP contribution in [0, 0.1) is 0 Å². The van der Waals surface area contributed by atoms with Gasteiger partial charge in [0, 0.05) is 26.2 Å². The summed E-state index contributed by atoms with van der Waals surface area (Å²) in [4.78, 5) is 14.6. The van der Waals surface area contributed by atoms with E-state index >= 15 is 0 Å². The summed E-state index contributed by atoms with van der Waals surface area (Å²) in [7, 11) is 0. The molecule has 2 aromatic carbocycles. The number of hydrogen-bond acceptors (Lipinski definition) is 4. The smallest absolute Gasteiger partial charge is 0.250 e. The molecule has 1 fully saturated rings. The first-order valence-electron chi connectivity index (χ1n) is 8.64. The first-order chi connectivity index (χ1) is 12.2. The first kappa shape index (κ1) is 17.5. The molecule has 1 amide bonds. The number of ether oxygens (including phenoxy) is 1. The second kappa shape index (κ2) is 8.65. The molecule has 1 saturated heterocycles. The maximum Gasteiger partial charge on any atom is 0.250 e. The fourth-order valence-electron chi connectivity index (χ4n) is 2.95. The third-order valence-electron chi connectivity index (χ3n) is 4.34. The lowest BCUT2D eigenvalue weighted by atomic mass is 10.1. The molecular formula is C20H24N2O3. The van der Waals surface area contributed by atoms with Crippen LogP contribution in [0.3, 0.4) is 0 Å². The molecule has 0 saturated carbocycles. The van der Waals surface area contributed by atoms with Crippen LogP contribution in [0.15, 0.2) is 54.6 Å². The molecular weight excluding hydrogens is 316 g/mol. The van der Waals surface area contributed by atoms with Crippen molar-refractivity contribution in [3.8, 4) is 5.75 Å². The molecule has 0 aromatic heterocycles. The minimum atomic E-state index is -0.419. The van der Waals surface area contributed by atoms with Gasteiger partial charge in [0.25, 0.3) is 0 Å². The van der Waals surface area contributed by atoms with Gasteiger partial charge in [0.1, 0.15) is 11.9 Å². The van der Waals surface area contributed by atoms with Crippen molar-refractivity contribution in [3.63, 3.8) is 0 Å². The molecule has 0 spiro atoms. The number of benzene rings is 2. The van der Waals surface area contributed by atoms with Gasteiger partial charge in [-0.05, 0) is 29.7 Å². The Kier molecular flexibility index (Phi) is 6.04. The SMILES string of the molecule is O=C(NCCc1ccc(O)cc1)[C@H]1CN(Cc2ccccc2)CCO1. The zero-order valence-corrected chi connectivity index (χ0v) is 14.2. The van der Waals surface area contributed by atoms with E-state index in [0.29, 0.717) is 19.7 Å². The second-order valence-electron chi connectivity index (χ2n) is 6.29. The van der Waals surface area contributed by atoms with E-state index in [0.717, 1.165) is 25.1 Å². The number of carbonyl (C=O) groups is 1. The van der Waals surface area contributed by atoms with Gasteiger partial charge < -0.3 is 15.2 Å². The fourth-order valence-corrected chi connectivity index (χ4v) is 2.95. The van der Waals surface area contributed by atoms with Crippen molar-refractivity contribution < 1.29 is 14.6 Å². The summed E-state index contributed by atoms with van der Waals surface area (Å²) >= 11 is 0. The third-order valence-corrected chi connectivity index (χ3v) is 4.34. The number of phenolic OH excluding ortho intramolecular Hbond substituents is 1. The zero-order valence-electron chi connectivity index (χ0n) is 14.2. The Morgan fingerprint density at radius 1 is 1.12 bits per heavy atom. The van der Waals surface area contributed by atoms with Crippen LogP contribution < -0.4 is 5.32 Å². The summed E-state index contributed by atoms with van der Waals surface area (Å²) in [6, 6.07) is 17.3. The molecule has 25 heavy (non-hydrogen) atoms. The number of amides is 1. The molecule has 3 rings (SSSR count). The van der Waals surface area contributed by atoms with Gasteiger partial charge in [0.2, 0.25) is 5.91 Å². The van der Waals surface area contributed by atoms with Crippen molar-refractivity contribution in [1.82, 2.24) is 10.2 Å². The van der Waals surface area contributed by atoms with E-state index in [1.165, 1.54) is 5.56 Å². The number of phenols is 1. The Hall–Kier alpha value is -2.37. The summed E-state index contributed by atoms with van der Waals surface area (Å²) in [5, 5.41) is 12.2. The molecule has 1 atom stereocenters. The molecule has 0 radical (unpaired) electrons. The zero-order chi connectivity index (χ0) is 17.5. The lowest BCUT2D eigenvalue weighted by Crippen LogP contribution is -2.49. The molecule has 2 N–H and O–H groups in total. The number of rotatable bonds is 6. The summed E-state index contributed by atoms with van der Waals surface area (Å²) in [6.07, 6.45) is 0.309. The highest BCUT2D eigenvalue weighted by Crippen LogP contribution is 2.11. The monoisotopic (exact) mass is 340 g/mol. The van der Waals surface area contributed by atoms with Gasteiger partial charge in [-0.1, -0.05) is 42.5 Å². The normalized spacial score (nSPS) is 18.0. The van der Waals surface area contributed by atoms with E-state index < -0.39 is 6.10 Å². The average Bonchev–Trinajstić information content (AvgIpc) is 2.64. The largest absolute Gasteiger partial charge is 0.508 e. The molecule has 0 unspecified atom stereocenters. The molecule has 0 bridgehead atoms. The Bertz CT molecular complexity index is 673. The van der Waals surface area contributed by atoms with Gasteiger partial charge in [0.05, 0.1) is 6.61 Å². The van der Waals surface area contributed by atoms with Gasteiger partial charge >= 0.3 is 0 Å². The number of aromatic hydroxyl groups is 1. The molecule has 1 aliphatic rings. The number of hydrogen-bond donors (Lipinski definition) is 2. The van der Waals surface area contributed by atoms with Gasteiger partial charge in [0.15, 0.2) is 0 Å². The van der Waals surface area contributed by atoms with Crippen LogP contribution in [-0.4, -0.2) is 48.3 Å². The van der Waals surface area contributed by atoms with Gasteiger partial charge in [-0.25, -0.2) is 0 Å². The van der Waals surface area contributed by atoms with E-state index in [9.17, 15) is 9.90 Å². The van der Waals surface area contributed by atoms with Crippen molar-refractivity contribution in [1.29, 1.82) is 0 Å². The predicted molar refractivity (Wildman–Crippen MR) is 96.3 cm³/mol. The fraction of sp³-hybridized carbons (Fsp3) is 0.350. The van der Waals surface area contributed by atoms with Crippen LogP contribution in [0.5, 0.6) is 5.75 Å². The highest BCUT2D eigenvalue weighted by atomic mass is 16.5. The van der Waals surface area contributed by atoms with Gasteiger partial charge in [-0.2, -0.15) is 0 Å². The number of carbonyl (C=O) groups excluding carboxylic acids is 1.